The summed E-state index contributed by atoms with van der Waals surface area (Å²) in [6.45, 7) is 14.0. The highest BCUT2D eigenvalue weighted by molar-refractivity contribution is 6.39. The van der Waals surface area contributed by atoms with Gasteiger partial charge in [-0.2, -0.15) is 0 Å². The molecular weight excluding hydrogens is 955 g/mol. The minimum atomic E-state index is -2.14. The fourth-order valence-electron chi connectivity index (χ4n) is 10.3. The molecule has 3 rings (SSSR count). The summed E-state index contributed by atoms with van der Waals surface area (Å²) in [5, 5.41) is 53.8. The van der Waals surface area contributed by atoms with E-state index in [9.17, 15) is 54.3 Å². The summed E-state index contributed by atoms with van der Waals surface area (Å²) in [6, 6.07) is -1.19. The quantitative estimate of drug-likeness (QED) is 0.0993. The van der Waals surface area contributed by atoms with Crippen molar-refractivity contribution in [2.75, 3.05) is 41.1 Å². The number of Topliss-reactive ketones (excluding diaryl/α,β-unsaturated/α-hetero) is 3. The highest BCUT2D eigenvalue weighted by Crippen LogP contribution is 2.37. The smallest absolute Gasteiger partial charge is 0.329 e. The predicted octanol–water partition coefficient (Wildman–Crippen LogP) is 5.75. The van der Waals surface area contributed by atoms with Crippen LogP contribution in [-0.4, -0.2) is 161 Å². The Bertz CT molecular complexity index is 1990. The van der Waals surface area contributed by atoms with Crippen molar-refractivity contribution in [2.24, 2.45) is 40.9 Å². The average Bonchev–Trinajstić information content (AvgIpc) is 3.38. The Kier molecular flexibility index (Phi) is 26.2. The van der Waals surface area contributed by atoms with Crippen LogP contribution in [0.25, 0.3) is 0 Å². The molecule has 17 nitrogen and oxygen atoms in total. The van der Waals surface area contributed by atoms with Crippen LogP contribution in [0.1, 0.15) is 139 Å². The first-order chi connectivity index (χ1) is 34.8. The summed E-state index contributed by atoms with van der Waals surface area (Å²) in [4.78, 5) is 84.8. The molecule has 15 atom stereocenters. The predicted molar refractivity (Wildman–Crippen MR) is 278 cm³/mol. The van der Waals surface area contributed by atoms with Gasteiger partial charge in [0.1, 0.15) is 47.3 Å². The van der Waals surface area contributed by atoms with Gasteiger partial charge in [-0.3, -0.25) is 24.0 Å². The third-order valence-corrected chi connectivity index (χ3v) is 16.0. The number of carbonyl (C=O) groups is 6. The summed E-state index contributed by atoms with van der Waals surface area (Å²) in [7, 11) is 4.40. The van der Waals surface area contributed by atoms with Crippen molar-refractivity contribution in [3.63, 3.8) is 0 Å². The van der Waals surface area contributed by atoms with Crippen LogP contribution >= 0.6 is 0 Å². The Morgan fingerprint density at radius 2 is 1.53 bits per heavy atom. The molecule has 1 aliphatic carbocycles. The third-order valence-electron chi connectivity index (χ3n) is 16.0. The van der Waals surface area contributed by atoms with Gasteiger partial charge in [0.25, 0.3) is 11.7 Å². The van der Waals surface area contributed by atoms with Gasteiger partial charge < -0.3 is 54.1 Å². The highest BCUT2D eigenvalue weighted by atomic mass is 16.6. The molecule has 420 valence electrons. The molecule has 0 aromatic rings. The Hall–Kier alpha value is -3.94. The van der Waals surface area contributed by atoms with Crippen LogP contribution in [0, 0.1) is 40.9 Å². The van der Waals surface area contributed by atoms with Crippen molar-refractivity contribution >= 4 is 35.2 Å². The van der Waals surface area contributed by atoms with Gasteiger partial charge in [0.15, 0.2) is 5.78 Å². The van der Waals surface area contributed by atoms with E-state index in [1.54, 1.807) is 40.9 Å². The van der Waals surface area contributed by atoms with Gasteiger partial charge in [0, 0.05) is 52.6 Å². The molecule has 3 aliphatic rings. The molecule has 2 heterocycles. The SMILES string of the molecule is COC1C[C@@H](O)CC[C@@H](C)[C@](C)(O)C(=O)C(=O)N2CCCC[C@H]2C(=O)O[C@H]([C@H](C)CC2CC[C@@H](OC(=O)C(C)(CO)CO)[C@H](OC)C2)CC(=O)[C@H](C)/C=C(\C)[C@@H](O)[C@@H](OC)C(=O)[C@H](C)C[C@H](C)/C=C/C=C/C=C1C. The number of hydrogen-bond acceptors (Lipinski definition) is 16. The Labute approximate surface area is 440 Å². The number of esters is 2. The lowest BCUT2D eigenvalue weighted by atomic mass is 9.78. The average molecular weight is 1050 g/mol. The maximum absolute atomic E-state index is 14.5. The first-order valence-electron chi connectivity index (χ1n) is 26.7. The molecule has 0 bridgehead atoms. The molecule has 1 amide bonds. The summed E-state index contributed by atoms with van der Waals surface area (Å²) < 4.78 is 29.1. The molecule has 0 aromatic carbocycles. The number of ketones is 3. The molecule has 1 saturated carbocycles. The van der Waals surface area contributed by atoms with Crippen LogP contribution in [-0.2, 0) is 52.5 Å². The second-order valence-electron chi connectivity index (χ2n) is 22.2. The highest BCUT2D eigenvalue weighted by Gasteiger charge is 2.47. The van der Waals surface area contributed by atoms with E-state index in [0.29, 0.717) is 50.5 Å². The number of nitrogens with zero attached hydrogens (tertiary/aromatic N) is 1. The number of rotatable bonds is 10. The van der Waals surface area contributed by atoms with Crippen molar-refractivity contribution in [3.8, 4) is 0 Å². The van der Waals surface area contributed by atoms with Gasteiger partial charge in [-0.25, -0.2) is 4.79 Å². The Balaban J connectivity index is 2.01. The van der Waals surface area contributed by atoms with Gasteiger partial charge in [0.2, 0.25) is 0 Å². The van der Waals surface area contributed by atoms with Crippen LogP contribution in [0.4, 0.5) is 0 Å². The molecule has 74 heavy (non-hydrogen) atoms. The van der Waals surface area contributed by atoms with E-state index in [4.69, 9.17) is 23.7 Å². The van der Waals surface area contributed by atoms with Crippen molar-refractivity contribution in [1.29, 1.82) is 0 Å². The van der Waals surface area contributed by atoms with Crippen LogP contribution in [0.15, 0.2) is 47.6 Å². The van der Waals surface area contributed by atoms with Crippen molar-refractivity contribution in [2.45, 2.75) is 194 Å². The zero-order chi connectivity index (χ0) is 55.7. The van der Waals surface area contributed by atoms with E-state index in [2.05, 4.69) is 0 Å². The fourth-order valence-corrected chi connectivity index (χ4v) is 10.3. The number of piperidine rings is 1. The molecule has 17 heteroatoms. The molecule has 0 spiro atoms. The molecule has 0 radical (unpaired) electrons. The lowest BCUT2D eigenvalue weighted by Crippen LogP contribution is -2.57. The molecule has 5 N–H and O–H groups in total. The van der Waals surface area contributed by atoms with Crippen LogP contribution in [0.5, 0.6) is 0 Å². The van der Waals surface area contributed by atoms with Crippen LogP contribution in [0.3, 0.4) is 0 Å². The Morgan fingerprint density at radius 3 is 2.15 bits per heavy atom. The normalized spacial score (nSPS) is 36.0. The maximum Gasteiger partial charge on any atom is 0.329 e. The monoisotopic (exact) mass is 1050 g/mol. The lowest BCUT2D eigenvalue weighted by molar-refractivity contribution is -0.177. The first-order valence-corrected chi connectivity index (χ1v) is 26.7. The van der Waals surface area contributed by atoms with Crippen LogP contribution in [0.2, 0.25) is 0 Å². The number of aliphatic hydroxyl groups is 5. The number of fused-ring (bicyclic) bond motifs is 1. The van der Waals surface area contributed by atoms with E-state index in [1.807, 2.05) is 51.2 Å². The van der Waals surface area contributed by atoms with E-state index >= 15 is 0 Å². The van der Waals surface area contributed by atoms with Gasteiger partial charge in [0.05, 0.1) is 31.5 Å². The molecule has 2 aliphatic heterocycles. The number of allylic oxidation sites excluding steroid dienone is 6. The van der Waals surface area contributed by atoms with Gasteiger partial charge in [-0.15, -0.1) is 0 Å². The molecule has 2 fully saturated rings. The maximum atomic E-state index is 14.5. The van der Waals surface area contributed by atoms with Crippen molar-refractivity contribution < 1.29 is 78.0 Å². The second kappa shape index (κ2) is 30.1. The number of methoxy groups -OCH3 is 3. The zero-order valence-electron chi connectivity index (χ0n) is 46.3. The minimum Gasteiger partial charge on any atom is -0.460 e. The zero-order valence-corrected chi connectivity index (χ0v) is 46.3. The van der Waals surface area contributed by atoms with E-state index in [-0.39, 0.29) is 62.1 Å². The number of carbonyl (C=O) groups excluding carboxylic acids is 6. The number of aliphatic hydroxyl groups excluding tert-OH is 4. The van der Waals surface area contributed by atoms with E-state index in [1.165, 1.54) is 28.1 Å². The van der Waals surface area contributed by atoms with Crippen molar-refractivity contribution in [1.82, 2.24) is 4.90 Å². The molecule has 0 aromatic heterocycles. The standard InChI is InChI=1S/C57H91NO16/c1-34-18-14-13-15-19-35(2)46(70-10)30-42(61)23-21-40(7)57(9,69)52(65)53(66)58-25-17-16-20-43(58)54(67)73-47(31-44(62)36(3)27-39(6)50(64)51(72-12)49(63)38(5)26-34)37(4)28-41-22-24-45(48(29-41)71-11)74-55(68)56(8,32-59)33-60/h13-15,18-19,27,34,36-38,40-43,45-48,50-51,59-61,64,69H,16-17,20-26,28-33H2,1-12H3/b15-13+,18-14+,35-19?,39-27+/t34-,36-,37-,38-,40-,41?,42+,43+,45-,46?,47+,48-,50-,51+,57+/m1/s1. The summed E-state index contributed by atoms with van der Waals surface area (Å²) in [5.74, 6) is -6.85. The van der Waals surface area contributed by atoms with E-state index < -0.39 is 120 Å². The summed E-state index contributed by atoms with van der Waals surface area (Å²) in [5.41, 5.74) is -2.43. The van der Waals surface area contributed by atoms with Gasteiger partial charge >= 0.3 is 11.9 Å². The number of ether oxygens (including phenoxy) is 5. The number of amides is 1. The Morgan fingerprint density at radius 1 is 0.851 bits per heavy atom. The molecular formula is C57H91NO16. The number of hydrogen-bond donors (Lipinski definition) is 5. The molecule has 2 unspecified atom stereocenters. The van der Waals surface area contributed by atoms with Gasteiger partial charge in [-0.1, -0.05) is 71.1 Å². The minimum absolute atomic E-state index is 0.0101. The van der Waals surface area contributed by atoms with Gasteiger partial charge in [-0.05, 0) is 127 Å². The lowest BCUT2D eigenvalue weighted by Gasteiger charge is -2.39. The fraction of sp³-hybridized carbons (Fsp3) is 0.754. The largest absolute Gasteiger partial charge is 0.460 e. The second-order valence-corrected chi connectivity index (χ2v) is 22.2. The van der Waals surface area contributed by atoms with Crippen molar-refractivity contribution in [3.05, 3.63) is 47.6 Å². The first kappa shape index (κ1) is 64.3. The third kappa shape index (κ3) is 17.8. The topological polar surface area (TPSA) is 253 Å². The van der Waals surface area contributed by atoms with E-state index in [0.717, 1.165) is 10.5 Å². The molecule has 1 saturated heterocycles. The number of cyclic esters (lactones) is 1. The summed E-state index contributed by atoms with van der Waals surface area (Å²) >= 11 is 0. The van der Waals surface area contributed by atoms with Crippen LogP contribution < -0.4 is 0 Å². The summed E-state index contributed by atoms with van der Waals surface area (Å²) in [6.07, 6.45) is 8.90.